The number of hydrogen-bond donors (Lipinski definition) is 2. The summed E-state index contributed by atoms with van der Waals surface area (Å²) in [6.45, 7) is 2.16. The quantitative estimate of drug-likeness (QED) is 0.747. The maximum absolute atomic E-state index is 12.5. The Labute approximate surface area is 158 Å². The van der Waals surface area contributed by atoms with Gasteiger partial charge in [-0.3, -0.25) is 14.5 Å². The smallest absolute Gasteiger partial charge is 0.325 e. The first-order valence-corrected chi connectivity index (χ1v) is 9.48. The van der Waals surface area contributed by atoms with Crippen LogP contribution in [0, 0.1) is 0 Å². The van der Waals surface area contributed by atoms with E-state index in [4.69, 9.17) is 11.6 Å². The predicted molar refractivity (Wildman–Crippen MR) is 98.7 cm³/mol. The van der Waals surface area contributed by atoms with E-state index in [1.807, 2.05) is 25.1 Å². The van der Waals surface area contributed by atoms with E-state index in [2.05, 4.69) is 10.6 Å². The molecule has 1 aliphatic carbocycles. The van der Waals surface area contributed by atoms with Crippen LogP contribution in [0.25, 0.3) is 0 Å². The van der Waals surface area contributed by atoms with Gasteiger partial charge in [0.15, 0.2) is 0 Å². The number of carbonyl (C=O) groups is 3. The Morgan fingerprint density at radius 3 is 2.77 bits per heavy atom. The number of imide groups is 1. The van der Waals surface area contributed by atoms with Crippen molar-refractivity contribution < 1.29 is 14.4 Å². The van der Waals surface area contributed by atoms with Gasteiger partial charge in [0.1, 0.15) is 5.54 Å². The molecule has 3 rings (SSSR count). The molecule has 6 nitrogen and oxygen atoms in total. The minimum Gasteiger partial charge on any atom is -0.350 e. The first-order valence-electron chi connectivity index (χ1n) is 9.10. The van der Waals surface area contributed by atoms with Crippen molar-refractivity contribution in [1.29, 1.82) is 0 Å². The van der Waals surface area contributed by atoms with Crippen LogP contribution in [-0.4, -0.2) is 34.8 Å². The fourth-order valence-electron chi connectivity index (χ4n) is 3.77. The Kier molecular flexibility index (Phi) is 5.51. The van der Waals surface area contributed by atoms with Crippen molar-refractivity contribution in [1.82, 2.24) is 15.5 Å². The molecule has 2 fully saturated rings. The first kappa shape index (κ1) is 18.7. The van der Waals surface area contributed by atoms with Gasteiger partial charge in [-0.2, -0.15) is 0 Å². The van der Waals surface area contributed by atoms with Gasteiger partial charge in [0, 0.05) is 18.0 Å². The van der Waals surface area contributed by atoms with Gasteiger partial charge in [-0.05, 0) is 43.9 Å². The maximum Gasteiger partial charge on any atom is 0.325 e. The summed E-state index contributed by atoms with van der Waals surface area (Å²) in [4.78, 5) is 38.1. The third kappa shape index (κ3) is 3.85. The molecule has 1 aromatic rings. The van der Waals surface area contributed by atoms with Crippen LogP contribution in [0.2, 0.25) is 5.02 Å². The molecule has 1 spiro atoms. The molecule has 1 saturated heterocycles. The standard InChI is InChI=1S/C19H24ClN3O3/c1-13(14-6-4-7-15(20)12-14)21-16(24)8-5-11-23-17(25)19(22-18(23)26)9-2-3-10-19/h4,6-7,12-13H,2-3,5,8-11H2,1H3,(H,21,24)(H,22,26)/t13-/m1/s1. The van der Waals surface area contributed by atoms with Gasteiger partial charge in [0.2, 0.25) is 5.91 Å². The van der Waals surface area contributed by atoms with Crippen LogP contribution in [-0.2, 0) is 9.59 Å². The van der Waals surface area contributed by atoms with Crippen molar-refractivity contribution in [2.75, 3.05) is 6.54 Å². The van der Waals surface area contributed by atoms with Gasteiger partial charge in [-0.25, -0.2) is 4.79 Å². The van der Waals surface area contributed by atoms with Crippen LogP contribution in [0.4, 0.5) is 4.79 Å². The lowest BCUT2D eigenvalue weighted by molar-refractivity contribution is -0.131. The highest BCUT2D eigenvalue weighted by Crippen LogP contribution is 2.35. The zero-order valence-corrected chi connectivity index (χ0v) is 15.6. The molecule has 4 amide bonds. The number of halogens is 1. The second-order valence-corrected chi connectivity index (χ2v) is 7.56. The maximum atomic E-state index is 12.5. The number of nitrogens with one attached hydrogen (secondary N) is 2. The lowest BCUT2D eigenvalue weighted by Gasteiger charge is -2.20. The topological polar surface area (TPSA) is 78.5 Å². The summed E-state index contributed by atoms with van der Waals surface area (Å²) >= 11 is 5.97. The summed E-state index contributed by atoms with van der Waals surface area (Å²) in [6, 6.07) is 6.88. The van der Waals surface area contributed by atoms with Crippen LogP contribution in [0.3, 0.4) is 0 Å². The first-order chi connectivity index (χ1) is 12.4. The molecule has 1 heterocycles. The van der Waals surface area contributed by atoms with Gasteiger partial charge < -0.3 is 10.6 Å². The summed E-state index contributed by atoms with van der Waals surface area (Å²) in [6.07, 6.45) is 4.06. The van der Waals surface area contributed by atoms with Crippen molar-refractivity contribution in [3.05, 3.63) is 34.9 Å². The molecule has 0 bridgehead atoms. The van der Waals surface area contributed by atoms with Gasteiger partial charge in [0.25, 0.3) is 5.91 Å². The van der Waals surface area contributed by atoms with Crippen molar-refractivity contribution in [2.24, 2.45) is 0 Å². The molecule has 2 aliphatic rings. The van der Waals surface area contributed by atoms with Crippen LogP contribution in [0.15, 0.2) is 24.3 Å². The number of rotatable bonds is 6. The summed E-state index contributed by atoms with van der Waals surface area (Å²) in [5, 5.41) is 6.40. The number of nitrogens with zero attached hydrogens (tertiary/aromatic N) is 1. The number of carbonyl (C=O) groups excluding carboxylic acids is 3. The molecule has 2 N–H and O–H groups in total. The van der Waals surface area contributed by atoms with E-state index in [1.54, 1.807) is 6.07 Å². The third-order valence-electron chi connectivity index (χ3n) is 5.21. The molecule has 140 valence electrons. The van der Waals surface area contributed by atoms with Crippen molar-refractivity contribution in [3.63, 3.8) is 0 Å². The van der Waals surface area contributed by atoms with E-state index in [1.165, 1.54) is 4.90 Å². The summed E-state index contributed by atoms with van der Waals surface area (Å²) in [5.74, 6) is -0.243. The van der Waals surface area contributed by atoms with E-state index in [-0.39, 0.29) is 36.9 Å². The molecule has 0 radical (unpaired) electrons. The van der Waals surface area contributed by atoms with E-state index in [9.17, 15) is 14.4 Å². The second-order valence-electron chi connectivity index (χ2n) is 7.12. The normalized spacial score (nSPS) is 19.7. The molecule has 1 aliphatic heterocycles. The highest BCUT2D eigenvalue weighted by atomic mass is 35.5. The molecule has 1 aromatic carbocycles. The Bertz CT molecular complexity index is 716. The van der Waals surface area contributed by atoms with Gasteiger partial charge in [-0.15, -0.1) is 0 Å². The minimum atomic E-state index is -0.680. The zero-order chi connectivity index (χ0) is 18.7. The number of benzene rings is 1. The predicted octanol–water partition coefficient (Wildman–Crippen LogP) is 3.16. The molecule has 26 heavy (non-hydrogen) atoms. The minimum absolute atomic E-state index is 0.111. The number of amides is 4. The Balaban J connectivity index is 1.46. The molecule has 0 unspecified atom stereocenters. The Morgan fingerprint density at radius 1 is 1.35 bits per heavy atom. The van der Waals surface area contributed by atoms with Crippen LogP contribution < -0.4 is 10.6 Å². The van der Waals surface area contributed by atoms with E-state index < -0.39 is 5.54 Å². The fraction of sp³-hybridized carbons (Fsp3) is 0.526. The van der Waals surface area contributed by atoms with Crippen molar-refractivity contribution in [2.45, 2.75) is 57.0 Å². The van der Waals surface area contributed by atoms with Gasteiger partial charge in [-0.1, -0.05) is 36.6 Å². The monoisotopic (exact) mass is 377 g/mol. The van der Waals surface area contributed by atoms with Crippen LogP contribution >= 0.6 is 11.6 Å². The largest absolute Gasteiger partial charge is 0.350 e. The van der Waals surface area contributed by atoms with E-state index in [0.717, 1.165) is 18.4 Å². The average Bonchev–Trinajstić information content (AvgIpc) is 3.15. The fourth-order valence-corrected chi connectivity index (χ4v) is 3.97. The van der Waals surface area contributed by atoms with Crippen molar-refractivity contribution >= 4 is 29.4 Å². The Morgan fingerprint density at radius 2 is 2.08 bits per heavy atom. The number of hydrogen-bond acceptors (Lipinski definition) is 3. The average molecular weight is 378 g/mol. The highest BCUT2D eigenvalue weighted by molar-refractivity contribution is 6.30. The van der Waals surface area contributed by atoms with Crippen LogP contribution in [0.5, 0.6) is 0 Å². The lowest BCUT2D eigenvalue weighted by atomic mass is 9.98. The summed E-state index contributed by atoms with van der Waals surface area (Å²) in [5.41, 5.74) is 0.253. The summed E-state index contributed by atoms with van der Waals surface area (Å²) < 4.78 is 0. The highest BCUT2D eigenvalue weighted by Gasteiger charge is 2.51. The van der Waals surface area contributed by atoms with E-state index in [0.29, 0.717) is 24.3 Å². The van der Waals surface area contributed by atoms with Gasteiger partial charge >= 0.3 is 6.03 Å². The SMILES string of the molecule is C[C@@H](NC(=O)CCCN1C(=O)NC2(CCCC2)C1=O)c1cccc(Cl)c1. The second kappa shape index (κ2) is 7.66. The molecule has 1 atom stereocenters. The number of urea groups is 1. The summed E-state index contributed by atoms with van der Waals surface area (Å²) in [7, 11) is 0. The molecule has 7 heteroatoms. The molecular formula is C19H24ClN3O3. The van der Waals surface area contributed by atoms with E-state index >= 15 is 0 Å². The third-order valence-corrected chi connectivity index (χ3v) is 5.45. The zero-order valence-electron chi connectivity index (χ0n) is 14.9. The molecule has 0 aromatic heterocycles. The molecule has 1 saturated carbocycles. The van der Waals surface area contributed by atoms with Crippen LogP contribution in [0.1, 0.15) is 57.1 Å². The molecular weight excluding hydrogens is 354 g/mol. The lowest BCUT2D eigenvalue weighted by Crippen LogP contribution is -2.44. The Hall–Kier alpha value is -2.08. The van der Waals surface area contributed by atoms with Gasteiger partial charge in [0.05, 0.1) is 6.04 Å². The van der Waals surface area contributed by atoms with Crippen molar-refractivity contribution in [3.8, 4) is 0 Å².